The number of nitrogens with zero attached hydrogens (tertiary/aromatic N) is 4. The molecule has 2 heterocycles. The molecule has 1 saturated carbocycles. The molecule has 0 aromatic rings. The molecule has 8 heteroatoms. The number of aliphatic hydroxyl groups is 1. The topological polar surface area (TPSA) is 71.4 Å². The van der Waals surface area contributed by atoms with Gasteiger partial charge in [0.15, 0.2) is 5.96 Å². The highest BCUT2D eigenvalue weighted by Crippen LogP contribution is 2.31. The summed E-state index contributed by atoms with van der Waals surface area (Å²) in [7, 11) is 0. The van der Waals surface area contributed by atoms with E-state index in [0.29, 0.717) is 13.1 Å². The van der Waals surface area contributed by atoms with Gasteiger partial charge >= 0.3 is 0 Å². The predicted octanol–water partition coefficient (Wildman–Crippen LogP) is 1.12. The molecular formula is C19H36IN5O2. The number of likely N-dealkylation sites (tertiary alicyclic amines) is 1. The first-order valence-corrected chi connectivity index (χ1v) is 10.4. The van der Waals surface area contributed by atoms with E-state index < -0.39 is 5.60 Å². The molecule has 27 heavy (non-hydrogen) atoms. The van der Waals surface area contributed by atoms with Crippen molar-refractivity contribution < 1.29 is 9.90 Å². The number of halogens is 1. The SMILES string of the molecule is CCNC(=NCC1(O)CCC1)N1CCN(CC(=O)N2CCCCC2)CC1.I. The summed E-state index contributed by atoms with van der Waals surface area (Å²) >= 11 is 0. The van der Waals surface area contributed by atoms with E-state index in [1.54, 1.807) is 0 Å². The predicted molar refractivity (Wildman–Crippen MR) is 119 cm³/mol. The van der Waals surface area contributed by atoms with Crippen molar-refractivity contribution in [2.45, 2.75) is 51.0 Å². The van der Waals surface area contributed by atoms with Crippen LogP contribution in [0.25, 0.3) is 0 Å². The molecule has 0 atom stereocenters. The summed E-state index contributed by atoms with van der Waals surface area (Å²) in [6, 6.07) is 0. The number of carbonyl (C=O) groups excluding carboxylic acids is 1. The van der Waals surface area contributed by atoms with Crippen LogP contribution in [-0.4, -0.2) is 96.2 Å². The Kier molecular flexibility index (Phi) is 9.07. The normalized spacial score (nSPS) is 23.4. The summed E-state index contributed by atoms with van der Waals surface area (Å²) in [6.45, 7) is 9.30. The highest BCUT2D eigenvalue weighted by Gasteiger charge is 2.34. The van der Waals surface area contributed by atoms with Crippen molar-refractivity contribution in [2.24, 2.45) is 4.99 Å². The molecule has 1 aliphatic carbocycles. The monoisotopic (exact) mass is 493 g/mol. The molecule has 7 nitrogen and oxygen atoms in total. The van der Waals surface area contributed by atoms with E-state index in [9.17, 15) is 9.90 Å². The van der Waals surface area contributed by atoms with Crippen LogP contribution < -0.4 is 5.32 Å². The van der Waals surface area contributed by atoms with Gasteiger partial charge in [0.1, 0.15) is 0 Å². The van der Waals surface area contributed by atoms with Gasteiger partial charge in [-0.15, -0.1) is 24.0 Å². The number of piperazine rings is 1. The third kappa shape index (κ3) is 6.45. The number of hydrogen-bond acceptors (Lipinski definition) is 4. The van der Waals surface area contributed by atoms with E-state index in [-0.39, 0.29) is 29.9 Å². The van der Waals surface area contributed by atoms with Crippen molar-refractivity contribution in [2.75, 3.05) is 58.9 Å². The second kappa shape index (κ2) is 10.8. The number of hydrogen-bond donors (Lipinski definition) is 2. The zero-order valence-electron chi connectivity index (χ0n) is 16.7. The summed E-state index contributed by atoms with van der Waals surface area (Å²) < 4.78 is 0. The van der Waals surface area contributed by atoms with Gasteiger partial charge in [0, 0.05) is 45.8 Å². The third-order valence-corrected chi connectivity index (χ3v) is 5.88. The van der Waals surface area contributed by atoms with Gasteiger partial charge in [0.2, 0.25) is 5.91 Å². The van der Waals surface area contributed by atoms with Crippen LogP contribution in [0, 0.1) is 0 Å². The number of carbonyl (C=O) groups is 1. The van der Waals surface area contributed by atoms with Crippen molar-refractivity contribution in [3.63, 3.8) is 0 Å². The zero-order chi connectivity index (χ0) is 18.4. The molecule has 1 amide bonds. The maximum absolute atomic E-state index is 12.4. The zero-order valence-corrected chi connectivity index (χ0v) is 19.0. The quantitative estimate of drug-likeness (QED) is 0.341. The number of aliphatic imine (C=N–C) groups is 1. The Bertz CT molecular complexity index is 498. The molecule has 3 fully saturated rings. The van der Waals surface area contributed by atoms with Crippen LogP contribution >= 0.6 is 24.0 Å². The Hall–Kier alpha value is -0.610. The minimum atomic E-state index is -0.580. The fraction of sp³-hybridized carbons (Fsp3) is 0.895. The highest BCUT2D eigenvalue weighted by molar-refractivity contribution is 14.0. The van der Waals surface area contributed by atoms with Crippen LogP contribution in [0.1, 0.15) is 45.4 Å². The van der Waals surface area contributed by atoms with Gasteiger partial charge in [-0.2, -0.15) is 0 Å². The molecule has 0 spiro atoms. The first-order valence-electron chi connectivity index (χ1n) is 10.4. The summed E-state index contributed by atoms with van der Waals surface area (Å²) in [6.07, 6.45) is 6.38. The van der Waals surface area contributed by atoms with Crippen LogP contribution in [-0.2, 0) is 4.79 Å². The van der Waals surface area contributed by atoms with Gasteiger partial charge < -0.3 is 20.2 Å². The summed E-state index contributed by atoms with van der Waals surface area (Å²) in [5.41, 5.74) is -0.580. The molecule has 0 radical (unpaired) electrons. The van der Waals surface area contributed by atoms with E-state index in [2.05, 4.69) is 27.0 Å². The molecule has 3 rings (SSSR count). The highest BCUT2D eigenvalue weighted by atomic mass is 127. The van der Waals surface area contributed by atoms with E-state index in [4.69, 9.17) is 0 Å². The summed E-state index contributed by atoms with van der Waals surface area (Å²) in [5, 5.41) is 13.6. The van der Waals surface area contributed by atoms with E-state index in [1.165, 1.54) is 6.42 Å². The van der Waals surface area contributed by atoms with Crippen LogP contribution in [0.5, 0.6) is 0 Å². The van der Waals surface area contributed by atoms with Gasteiger partial charge in [-0.1, -0.05) is 0 Å². The number of amides is 1. The minimum absolute atomic E-state index is 0. The Balaban J connectivity index is 0.00000261. The first kappa shape index (κ1) is 22.7. The average Bonchev–Trinajstić information content (AvgIpc) is 2.65. The molecule has 3 aliphatic rings. The molecule has 156 valence electrons. The maximum Gasteiger partial charge on any atom is 0.236 e. The van der Waals surface area contributed by atoms with Crippen LogP contribution in [0.3, 0.4) is 0 Å². The molecule has 2 saturated heterocycles. The van der Waals surface area contributed by atoms with E-state index in [0.717, 1.165) is 83.9 Å². The molecule has 0 unspecified atom stereocenters. The summed E-state index contributed by atoms with van der Waals surface area (Å²) in [5.74, 6) is 1.18. The molecule has 2 N–H and O–H groups in total. The first-order chi connectivity index (χ1) is 12.6. The van der Waals surface area contributed by atoms with Crippen molar-refractivity contribution in [3.8, 4) is 0 Å². The van der Waals surface area contributed by atoms with Crippen LogP contribution in [0.2, 0.25) is 0 Å². The van der Waals surface area contributed by atoms with Gasteiger partial charge in [-0.3, -0.25) is 14.7 Å². The second-order valence-corrected chi connectivity index (χ2v) is 7.95. The lowest BCUT2D eigenvalue weighted by atomic mass is 9.80. The van der Waals surface area contributed by atoms with E-state index >= 15 is 0 Å². The molecule has 0 bridgehead atoms. The van der Waals surface area contributed by atoms with E-state index in [1.807, 2.05) is 4.90 Å². The Morgan fingerprint density at radius 2 is 1.67 bits per heavy atom. The van der Waals surface area contributed by atoms with Crippen molar-refractivity contribution in [1.82, 2.24) is 20.0 Å². The van der Waals surface area contributed by atoms with Gasteiger partial charge in [-0.05, 0) is 45.4 Å². The lowest BCUT2D eigenvalue weighted by Gasteiger charge is -2.38. The molecule has 0 aromatic heterocycles. The lowest BCUT2D eigenvalue weighted by molar-refractivity contribution is -0.133. The fourth-order valence-electron chi connectivity index (χ4n) is 3.94. The van der Waals surface area contributed by atoms with Crippen molar-refractivity contribution in [3.05, 3.63) is 0 Å². The second-order valence-electron chi connectivity index (χ2n) is 7.95. The van der Waals surface area contributed by atoms with Crippen molar-refractivity contribution in [1.29, 1.82) is 0 Å². The Labute approximate surface area is 180 Å². The third-order valence-electron chi connectivity index (χ3n) is 5.88. The number of nitrogens with one attached hydrogen (secondary N) is 1. The molecular weight excluding hydrogens is 457 g/mol. The van der Waals surface area contributed by atoms with Gasteiger partial charge in [-0.25, -0.2) is 0 Å². The van der Waals surface area contributed by atoms with Crippen molar-refractivity contribution >= 4 is 35.8 Å². The van der Waals surface area contributed by atoms with Gasteiger partial charge in [0.25, 0.3) is 0 Å². The lowest BCUT2D eigenvalue weighted by Crippen LogP contribution is -2.55. The van der Waals surface area contributed by atoms with Gasteiger partial charge in [0.05, 0.1) is 18.7 Å². The largest absolute Gasteiger partial charge is 0.388 e. The standard InChI is InChI=1S/C19H35N5O2.HI/c1-2-20-18(21-16-19(26)7-6-8-19)24-13-11-22(12-14-24)15-17(25)23-9-4-3-5-10-23;/h26H,2-16H2,1H3,(H,20,21);1H. The number of piperidine rings is 1. The molecule has 2 aliphatic heterocycles. The number of rotatable bonds is 5. The van der Waals surface area contributed by atoms with Crippen LogP contribution in [0.4, 0.5) is 0 Å². The Morgan fingerprint density at radius 3 is 2.22 bits per heavy atom. The average molecular weight is 493 g/mol. The minimum Gasteiger partial charge on any atom is -0.388 e. The smallest absolute Gasteiger partial charge is 0.236 e. The Morgan fingerprint density at radius 1 is 1.00 bits per heavy atom. The number of guanidine groups is 1. The summed E-state index contributed by atoms with van der Waals surface area (Å²) in [4.78, 5) is 23.7. The maximum atomic E-state index is 12.4. The van der Waals surface area contributed by atoms with Crippen LogP contribution in [0.15, 0.2) is 4.99 Å². The fourth-order valence-corrected chi connectivity index (χ4v) is 3.94. The molecule has 0 aromatic carbocycles.